The number of anilines is 2. The predicted molar refractivity (Wildman–Crippen MR) is 78.7 cm³/mol. The monoisotopic (exact) mass is 286 g/mol. The van der Waals surface area contributed by atoms with E-state index >= 15 is 0 Å². The lowest BCUT2D eigenvalue weighted by Crippen LogP contribution is -2.48. The molecule has 2 fully saturated rings. The van der Waals surface area contributed by atoms with Gasteiger partial charge in [-0.05, 0) is 43.4 Å². The number of carbonyl (C=O) groups is 2. The fourth-order valence-electron chi connectivity index (χ4n) is 4.24. The van der Waals surface area contributed by atoms with Gasteiger partial charge in [-0.2, -0.15) is 0 Å². The molecule has 0 bridgehead atoms. The third-order valence-electron chi connectivity index (χ3n) is 5.17. The molecule has 110 valence electrons. The summed E-state index contributed by atoms with van der Waals surface area (Å²) >= 11 is 0. The molecule has 2 N–H and O–H groups in total. The second kappa shape index (κ2) is 4.48. The standard InChI is InChI=1S/C16H18N2O3/c19-15-14-7-9-3-1-2-4-12(9)18(14)13-8-10(16(20)21)5-6-11(13)17-15/h5-6,8-9,12,14H,1-4,7H2,(H,17,19)(H,20,21). The van der Waals surface area contributed by atoms with Crippen molar-refractivity contribution in [2.24, 2.45) is 5.92 Å². The zero-order valence-corrected chi connectivity index (χ0v) is 11.7. The Bertz CT molecular complexity index is 628. The number of nitrogens with one attached hydrogen (secondary N) is 1. The highest BCUT2D eigenvalue weighted by Crippen LogP contribution is 2.47. The molecule has 5 nitrogen and oxygen atoms in total. The molecule has 0 radical (unpaired) electrons. The van der Waals surface area contributed by atoms with Gasteiger partial charge in [-0.1, -0.05) is 12.8 Å². The van der Waals surface area contributed by atoms with E-state index in [4.69, 9.17) is 0 Å². The summed E-state index contributed by atoms with van der Waals surface area (Å²) in [5, 5.41) is 12.1. The maximum atomic E-state index is 12.3. The highest BCUT2D eigenvalue weighted by atomic mass is 16.4. The molecule has 2 heterocycles. The Morgan fingerprint density at radius 1 is 1.29 bits per heavy atom. The first-order valence-electron chi connectivity index (χ1n) is 7.61. The number of amides is 1. The summed E-state index contributed by atoms with van der Waals surface area (Å²) in [5.41, 5.74) is 1.91. The van der Waals surface area contributed by atoms with Gasteiger partial charge < -0.3 is 15.3 Å². The SMILES string of the molecule is O=C(O)c1ccc2c(c1)N1C(CC3CCCCC31)C(=O)N2. The van der Waals surface area contributed by atoms with Gasteiger partial charge in [0.25, 0.3) is 0 Å². The molecule has 1 aromatic carbocycles. The van der Waals surface area contributed by atoms with Gasteiger partial charge in [0.05, 0.1) is 16.9 Å². The van der Waals surface area contributed by atoms with Gasteiger partial charge in [0.15, 0.2) is 0 Å². The number of carbonyl (C=O) groups excluding carboxylic acids is 1. The summed E-state index contributed by atoms with van der Waals surface area (Å²) in [4.78, 5) is 25.8. The zero-order chi connectivity index (χ0) is 14.6. The van der Waals surface area contributed by atoms with Crippen molar-refractivity contribution in [3.8, 4) is 0 Å². The molecular formula is C16H18N2O3. The van der Waals surface area contributed by atoms with Crippen LogP contribution in [0.3, 0.4) is 0 Å². The van der Waals surface area contributed by atoms with E-state index in [0.29, 0.717) is 12.0 Å². The van der Waals surface area contributed by atoms with E-state index in [0.717, 1.165) is 24.2 Å². The van der Waals surface area contributed by atoms with Crippen LogP contribution in [0.25, 0.3) is 0 Å². The summed E-state index contributed by atoms with van der Waals surface area (Å²) in [5.74, 6) is -0.306. The van der Waals surface area contributed by atoms with Crippen LogP contribution in [0.1, 0.15) is 42.5 Å². The van der Waals surface area contributed by atoms with Crippen molar-refractivity contribution in [3.05, 3.63) is 23.8 Å². The Labute approximate surface area is 122 Å². The van der Waals surface area contributed by atoms with Gasteiger partial charge in [-0.25, -0.2) is 4.79 Å². The van der Waals surface area contributed by atoms with Gasteiger partial charge in [0.2, 0.25) is 5.91 Å². The minimum atomic E-state index is -0.925. The number of carboxylic acid groups (broad SMARTS) is 1. The number of benzene rings is 1. The largest absolute Gasteiger partial charge is 0.478 e. The summed E-state index contributed by atoms with van der Waals surface area (Å²) < 4.78 is 0. The Balaban J connectivity index is 1.81. The third-order valence-corrected chi connectivity index (χ3v) is 5.17. The molecule has 0 aromatic heterocycles. The molecule has 4 rings (SSSR count). The van der Waals surface area contributed by atoms with Gasteiger partial charge >= 0.3 is 5.97 Å². The van der Waals surface area contributed by atoms with Crippen molar-refractivity contribution >= 4 is 23.3 Å². The summed E-state index contributed by atoms with van der Waals surface area (Å²) in [6, 6.07) is 5.23. The normalized spacial score (nSPS) is 30.2. The van der Waals surface area contributed by atoms with Gasteiger partial charge in [0.1, 0.15) is 6.04 Å². The molecular weight excluding hydrogens is 268 g/mol. The van der Waals surface area contributed by atoms with Gasteiger partial charge in [-0.15, -0.1) is 0 Å². The summed E-state index contributed by atoms with van der Waals surface area (Å²) in [6.45, 7) is 0. The minimum absolute atomic E-state index is 0.0555. The first-order valence-corrected chi connectivity index (χ1v) is 7.61. The van der Waals surface area contributed by atoms with Crippen LogP contribution < -0.4 is 10.2 Å². The Hall–Kier alpha value is -2.04. The van der Waals surface area contributed by atoms with Gasteiger partial charge in [-0.3, -0.25) is 4.79 Å². The van der Waals surface area contributed by atoms with Gasteiger partial charge in [0, 0.05) is 6.04 Å². The Morgan fingerprint density at radius 3 is 2.90 bits per heavy atom. The van der Waals surface area contributed by atoms with Crippen LogP contribution in [-0.4, -0.2) is 29.1 Å². The third kappa shape index (κ3) is 1.83. The molecule has 5 heteroatoms. The quantitative estimate of drug-likeness (QED) is 0.832. The predicted octanol–water partition coefficient (Wildman–Crippen LogP) is 2.47. The number of aromatic carboxylic acids is 1. The highest BCUT2D eigenvalue weighted by Gasteiger charge is 2.47. The lowest BCUT2D eigenvalue weighted by atomic mass is 9.84. The number of carboxylic acids is 1. The van der Waals surface area contributed by atoms with Crippen molar-refractivity contribution in [3.63, 3.8) is 0 Å². The van der Waals surface area contributed by atoms with Crippen LogP contribution >= 0.6 is 0 Å². The van der Waals surface area contributed by atoms with Crippen LogP contribution in [0.4, 0.5) is 11.4 Å². The number of nitrogens with zero attached hydrogens (tertiary/aromatic N) is 1. The van der Waals surface area contributed by atoms with Crippen molar-refractivity contribution in [2.75, 3.05) is 10.2 Å². The van der Waals surface area contributed by atoms with E-state index in [-0.39, 0.29) is 17.5 Å². The maximum absolute atomic E-state index is 12.3. The topological polar surface area (TPSA) is 69.6 Å². The molecule has 2 aliphatic heterocycles. The molecule has 3 aliphatic rings. The molecule has 1 saturated heterocycles. The number of hydrogen-bond donors (Lipinski definition) is 2. The first kappa shape index (κ1) is 12.7. The fraction of sp³-hybridized carbons (Fsp3) is 0.500. The Morgan fingerprint density at radius 2 is 2.10 bits per heavy atom. The van der Waals surface area contributed by atoms with Crippen molar-refractivity contribution in [1.82, 2.24) is 0 Å². The van der Waals surface area contributed by atoms with Crippen LogP contribution in [-0.2, 0) is 4.79 Å². The van der Waals surface area contributed by atoms with E-state index in [2.05, 4.69) is 10.2 Å². The summed E-state index contributed by atoms with van der Waals surface area (Å²) in [6.07, 6.45) is 5.61. The molecule has 0 spiro atoms. The van der Waals surface area contributed by atoms with Crippen molar-refractivity contribution in [2.45, 2.75) is 44.2 Å². The highest BCUT2D eigenvalue weighted by molar-refractivity contribution is 6.05. The smallest absolute Gasteiger partial charge is 0.335 e. The zero-order valence-electron chi connectivity index (χ0n) is 11.7. The fourth-order valence-corrected chi connectivity index (χ4v) is 4.24. The lowest BCUT2D eigenvalue weighted by molar-refractivity contribution is -0.117. The second-order valence-corrected chi connectivity index (χ2v) is 6.30. The van der Waals surface area contributed by atoms with E-state index in [1.807, 2.05) is 0 Å². The molecule has 1 amide bonds. The summed E-state index contributed by atoms with van der Waals surface area (Å²) in [7, 11) is 0. The lowest BCUT2D eigenvalue weighted by Gasteiger charge is -2.39. The second-order valence-electron chi connectivity index (χ2n) is 6.30. The number of fused-ring (bicyclic) bond motifs is 5. The number of hydrogen-bond acceptors (Lipinski definition) is 3. The van der Waals surface area contributed by atoms with Crippen molar-refractivity contribution < 1.29 is 14.7 Å². The minimum Gasteiger partial charge on any atom is -0.478 e. The first-order chi connectivity index (χ1) is 10.1. The van der Waals surface area contributed by atoms with Crippen LogP contribution in [0, 0.1) is 5.92 Å². The molecule has 1 aliphatic carbocycles. The van der Waals surface area contributed by atoms with E-state index < -0.39 is 5.97 Å². The molecule has 3 atom stereocenters. The number of rotatable bonds is 1. The van der Waals surface area contributed by atoms with Crippen molar-refractivity contribution in [1.29, 1.82) is 0 Å². The van der Waals surface area contributed by atoms with Crippen LogP contribution in [0.15, 0.2) is 18.2 Å². The van der Waals surface area contributed by atoms with Crippen LogP contribution in [0.2, 0.25) is 0 Å². The maximum Gasteiger partial charge on any atom is 0.335 e. The van der Waals surface area contributed by atoms with E-state index in [1.54, 1.807) is 18.2 Å². The average Bonchev–Trinajstić information content (AvgIpc) is 2.87. The molecule has 1 saturated carbocycles. The molecule has 3 unspecified atom stereocenters. The van der Waals surface area contributed by atoms with E-state index in [1.165, 1.54) is 19.3 Å². The van der Waals surface area contributed by atoms with E-state index in [9.17, 15) is 14.7 Å². The average molecular weight is 286 g/mol. The van der Waals surface area contributed by atoms with Crippen LogP contribution in [0.5, 0.6) is 0 Å². The molecule has 21 heavy (non-hydrogen) atoms. The molecule has 1 aromatic rings. The Kier molecular flexibility index (Phi) is 2.71.